The maximum Gasteiger partial charge on any atom is 0.0642 e. The van der Waals surface area contributed by atoms with Gasteiger partial charge in [0.15, 0.2) is 0 Å². The van der Waals surface area contributed by atoms with Crippen LogP contribution in [0.2, 0.25) is 0 Å². The lowest BCUT2D eigenvalue weighted by molar-refractivity contribution is 0.131. The molecule has 0 radical (unpaired) electrons. The molecular formula is C9H14O. The Labute approximate surface area is 62.1 Å². The van der Waals surface area contributed by atoms with Crippen LogP contribution in [0.3, 0.4) is 0 Å². The minimum Gasteiger partial charge on any atom is -0.392 e. The lowest BCUT2D eigenvalue weighted by Gasteiger charge is -2.22. The molecule has 0 amide bonds. The van der Waals surface area contributed by atoms with Crippen LogP contribution in [0.4, 0.5) is 0 Å². The molecule has 1 N–H and O–H groups in total. The smallest absolute Gasteiger partial charge is 0.0642 e. The molecular weight excluding hydrogens is 124 g/mol. The van der Waals surface area contributed by atoms with Gasteiger partial charge in [0.1, 0.15) is 0 Å². The van der Waals surface area contributed by atoms with Gasteiger partial charge in [-0.3, -0.25) is 0 Å². The second-order valence-corrected chi connectivity index (χ2v) is 2.94. The predicted molar refractivity (Wildman–Crippen MR) is 42.7 cm³/mol. The fourth-order valence-electron chi connectivity index (χ4n) is 1.31. The van der Waals surface area contributed by atoms with E-state index >= 15 is 0 Å². The van der Waals surface area contributed by atoms with Crippen molar-refractivity contribution in [1.29, 1.82) is 0 Å². The van der Waals surface area contributed by atoms with Crippen molar-refractivity contribution in [2.45, 2.75) is 25.9 Å². The Morgan fingerprint density at radius 1 is 1.70 bits per heavy atom. The first kappa shape index (κ1) is 7.55. The van der Waals surface area contributed by atoms with Crippen LogP contribution in [0.5, 0.6) is 0 Å². The predicted octanol–water partition coefficient (Wildman–Crippen LogP) is 1.89. The molecule has 1 aliphatic rings. The molecule has 1 rings (SSSR count). The van der Waals surface area contributed by atoms with Gasteiger partial charge in [-0.25, -0.2) is 0 Å². The van der Waals surface area contributed by atoms with Crippen molar-refractivity contribution in [3.8, 4) is 0 Å². The summed E-state index contributed by atoms with van der Waals surface area (Å²) in [6.07, 6.45) is 5.86. The lowest BCUT2D eigenvalue weighted by atomic mass is 9.88. The minimum atomic E-state index is -0.192. The van der Waals surface area contributed by atoms with Gasteiger partial charge in [0.2, 0.25) is 0 Å². The molecule has 1 aliphatic carbocycles. The van der Waals surface area contributed by atoms with E-state index in [-0.39, 0.29) is 12.0 Å². The molecule has 10 heavy (non-hydrogen) atoms. The van der Waals surface area contributed by atoms with Crippen molar-refractivity contribution in [2.75, 3.05) is 0 Å². The van der Waals surface area contributed by atoms with E-state index in [0.717, 1.165) is 18.4 Å². The molecule has 0 fully saturated rings. The summed E-state index contributed by atoms with van der Waals surface area (Å²) in [6, 6.07) is 0. The van der Waals surface area contributed by atoms with Gasteiger partial charge in [0.25, 0.3) is 0 Å². The van der Waals surface area contributed by atoms with Crippen LogP contribution in [0, 0.1) is 5.92 Å². The Kier molecular flexibility index (Phi) is 2.28. The zero-order valence-electron chi connectivity index (χ0n) is 6.38. The summed E-state index contributed by atoms with van der Waals surface area (Å²) in [6.45, 7) is 5.78. The summed E-state index contributed by atoms with van der Waals surface area (Å²) >= 11 is 0. The van der Waals surface area contributed by atoms with Gasteiger partial charge in [-0.1, -0.05) is 24.3 Å². The van der Waals surface area contributed by atoms with E-state index in [9.17, 15) is 5.11 Å². The number of hydrogen-bond donors (Lipinski definition) is 1. The summed E-state index contributed by atoms with van der Waals surface area (Å²) in [5.41, 5.74) is 1.06. The van der Waals surface area contributed by atoms with Crippen molar-refractivity contribution in [3.63, 3.8) is 0 Å². The number of aliphatic hydroxyl groups is 1. The third-order valence-electron chi connectivity index (χ3n) is 1.96. The zero-order chi connectivity index (χ0) is 7.56. The summed E-state index contributed by atoms with van der Waals surface area (Å²) in [7, 11) is 0. The monoisotopic (exact) mass is 138 g/mol. The Balaban J connectivity index is 2.64. The summed E-state index contributed by atoms with van der Waals surface area (Å²) in [5.74, 6) is 0.203. The molecule has 2 unspecified atom stereocenters. The van der Waals surface area contributed by atoms with Crippen molar-refractivity contribution in [1.82, 2.24) is 0 Å². The Morgan fingerprint density at radius 2 is 2.40 bits per heavy atom. The highest BCUT2D eigenvalue weighted by atomic mass is 16.3. The summed E-state index contributed by atoms with van der Waals surface area (Å²) in [4.78, 5) is 0. The minimum absolute atomic E-state index is 0.192. The van der Waals surface area contributed by atoms with E-state index < -0.39 is 0 Å². The molecule has 0 saturated heterocycles. The highest BCUT2D eigenvalue weighted by molar-refractivity contribution is 5.12. The standard InChI is InChI=1S/C9H14O/c1-7(2)8-5-3-4-6-9(8)10/h3,5,8-10H,1,4,6H2,2H3. The molecule has 0 aromatic carbocycles. The van der Waals surface area contributed by atoms with E-state index in [1.165, 1.54) is 0 Å². The maximum atomic E-state index is 9.43. The van der Waals surface area contributed by atoms with Gasteiger partial charge in [-0.15, -0.1) is 0 Å². The van der Waals surface area contributed by atoms with Crippen molar-refractivity contribution >= 4 is 0 Å². The first-order chi connectivity index (χ1) is 4.72. The van der Waals surface area contributed by atoms with Crippen molar-refractivity contribution in [3.05, 3.63) is 24.3 Å². The quantitative estimate of drug-likeness (QED) is 0.548. The molecule has 56 valence electrons. The Morgan fingerprint density at radius 3 is 2.80 bits per heavy atom. The second-order valence-electron chi connectivity index (χ2n) is 2.94. The number of aliphatic hydroxyl groups excluding tert-OH is 1. The Bertz CT molecular complexity index is 158. The highest BCUT2D eigenvalue weighted by Gasteiger charge is 2.18. The zero-order valence-corrected chi connectivity index (χ0v) is 6.38. The van der Waals surface area contributed by atoms with Crippen LogP contribution in [-0.2, 0) is 0 Å². The van der Waals surface area contributed by atoms with E-state index in [4.69, 9.17) is 0 Å². The topological polar surface area (TPSA) is 20.2 Å². The molecule has 0 bridgehead atoms. The Hall–Kier alpha value is -0.560. The van der Waals surface area contributed by atoms with Gasteiger partial charge in [0.05, 0.1) is 6.10 Å². The molecule has 0 aromatic heterocycles. The fourth-order valence-corrected chi connectivity index (χ4v) is 1.31. The summed E-state index contributed by atoms with van der Waals surface area (Å²) < 4.78 is 0. The third-order valence-corrected chi connectivity index (χ3v) is 1.96. The normalized spacial score (nSPS) is 32.2. The highest BCUT2D eigenvalue weighted by Crippen LogP contribution is 2.23. The molecule has 0 aliphatic heterocycles. The average molecular weight is 138 g/mol. The third kappa shape index (κ3) is 1.48. The van der Waals surface area contributed by atoms with Gasteiger partial charge in [-0.2, -0.15) is 0 Å². The molecule has 0 saturated carbocycles. The fraction of sp³-hybridized carbons (Fsp3) is 0.556. The van der Waals surface area contributed by atoms with E-state index in [1.807, 2.05) is 6.92 Å². The van der Waals surface area contributed by atoms with Crippen LogP contribution >= 0.6 is 0 Å². The average Bonchev–Trinajstić information content (AvgIpc) is 1.88. The first-order valence-electron chi connectivity index (χ1n) is 3.72. The largest absolute Gasteiger partial charge is 0.392 e. The van der Waals surface area contributed by atoms with Gasteiger partial charge in [0, 0.05) is 5.92 Å². The van der Waals surface area contributed by atoms with Crippen molar-refractivity contribution < 1.29 is 5.11 Å². The van der Waals surface area contributed by atoms with Crippen molar-refractivity contribution in [2.24, 2.45) is 5.92 Å². The number of hydrogen-bond acceptors (Lipinski definition) is 1. The second kappa shape index (κ2) is 3.02. The van der Waals surface area contributed by atoms with E-state index in [2.05, 4.69) is 18.7 Å². The number of allylic oxidation sites excluding steroid dienone is 1. The van der Waals surface area contributed by atoms with E-state index in [1.54, 1.807) is 0 Å². The molecule has 0 spiro atoms. The molecule has 1 nitrogen and oxygen atoms in total. The van der Waals surface area contributed by atoms with Gasteiger partial charge in [-0.05, 0) is 19.8 Å². The summed E-state index contributed by atoms with van der Waals surface area (Å²) in [5, 5.41) is 9.43. The molecule has 0 aromatic rings. The van der Waals surface area contributed by atoms with E-state index in [0.29, 0.717) is 0 Å². The van der Waals surface area contributed by atoms with Gasteiger partial charge >= 0.3 is 0 Å². The van der Waals surface area contributed by atoms with Crippen LogP contribution < -0.4 is 0 Å². The SMILES string of the molecule is C=C(C)C1C=CCCC1O. The first-order valence-corrected chi connectivity index (χ1v) is 3.72. The number of rotatable bonds is 1. The molecule has 0 heterocycles. The van der Waals surface area contributed by atoms with Crippen LogP contribution in [-0.4, -0.2) is 11.2 Å². The molecule has 2 atom stereocenters. The van der Waals surface area contributed by atoms with Crippen LogP contribution in [0.1, 0.15) is 19.8 Å². The van der Waals surface area contributed by atoms with Gasteiger partial charge < -0.3 is 5.11 Å². The van der Waals surface area contributed by atoms with Crippen LogP contribution in [0.15, 0.2) is 24.3 Å². The molecule has 1 heteroatoms. The maximum absolute atomic E-state index is 9.43. The van der Waals surface area contributed by atoms with Crippen LogP contribution in [0.25, 0.3) is 0 Å². The lowest BCUT2D eigenvalue weighted by Crippen LogP contribution is -2.21.